The summed E-state index contributed by atoms with van der Waals surface area (Å²) in [6, 6.07) is 22.1. The summed E-state index contributed by atoms with van der Waals surface area (Å²) in [4.78, 5) is 28.1. The molecule has 1 aliphatic rings. The van der Waals surface area contributed by atoms with Gasteiger partial charge in [0.2, 0.25) is 5.91 Å². The summed E-state index contributed by atoms with van der Waals surface area (Å²) in [6.45, 7) is 2.26. The highest BCUT2D eigenvalue weighted by Crippen LogP contribution is 2.38. The topological polar surface area (TPSA) is 58.6 Å². The zero-order valence-corrected chi connectivity index (χ0v) is 18.1. The third kappa shape index (κ3) is 3.96. The first kappa shape index (κ1) is 20.2. The summed E-state index contributed by atoms with van der Waals surface area (Å²) in [5, 5.41) is 2.94. The van der Waals surface area contributed by atoms with Crippen LogP contribution in [-0.2, 0) is 4.79 Å². The maximum Gasteiger partial charge on any atom is 0.258 e. The van der Waals surface area contributed by atoms with Gasteiger partial charge in [-0.25, -0.2) is 0 Å². The van der Waals surface area contributed by atoms with Gasteiger partial charge in [0.05, 0.1) is 18.2 Å². The van der Waals surface area contributed by atoms with Crippen LogP contribution in [0.15, 0.2) is 77.3 Å². The van der Waals surface area contributed by atoms with Crippen LogP contribution in [-0.4, -0.2) is 29.9 Å². The number of rotatable bonds is 4. The maximum absolute atomic E-state index is 13.7. The third-order valence-electron chi connectivity index (χ3n) is 5.00. The van der Waals surface area contributed by atoms with Crippen LogP contribution in [0.2, 0.25) is 0 Å². The summed E-state index contributed by atoms with van der Waals surface area (Å²) in [6.07, 6.45) is 0. The monoisotopic (exact) mass is 464 g/mol. The molecule has 152 valence electrons. The van der Waals surface area contributed by atoms with Gasteiger partial charge in [-0.1, -0.05) is 58.4 Å². The lowest BCUT2D eigenvalue weighted by atomic mass is 9.95. The molecule has 2 amide bonds. The number of hydrogen-bond acceptors (Lipinski definition) is 3. The summed E-state index contributed by atoms with van der Waals surface area (Å²) >= 11 is 3.53. The number of nitrogens with one attached hydrogen (secondary N) is 1. The van der Waals surface area contributed by atoms with Crippen LogP contribution in [0.25, 0.3) is 0 Å². The maximum atomic E-state index is 13.7. The smallest absolute Gasteiger partial charge is 0.258 e. The number of carbonyl (C=O) groups excluding carboxylic acids is 2. The Morgan fingerprint density at radius 3 is 2.60 bits per heavy atom. The number of halogens is 1. The van der Waals surface area contributed by atoms with Crippen molar-refractivity contribution < 1.29 is 14.3 Å². The first-order valence-corrected chi connectivity index (χ1v) is 10.5. The molecule has 4 rings (SSSR count). The number of amides is 2. The minimum atomic E-state index is -0.431. The average Bonchev–Trinajstić information content (AvgIpc) is 2.90. The SMILES string of the molecule is CCOc1ccccc1C(=O)N1CC(=O)Nc2ccc(Br)cc2C1c1ccccc1. The van der Waals surface area contributed by atoms with Gasteiger partial charge in [0.1, 0.15) is 12.3 Å². The predicted molar refractivity (Wildman–Crippen MR) is 120 cm³/mol. The number of anilines is 1. The lowest BCUT2D eigenvalue weighted by molar-refractivity contribution is -0.117. The van der Waals surface area contributed by atoms with E-state index in [1.54, 1.807) is 23.1 Å². The number of benzene rings is 3. The molecule has 5 nitrogen and oxygen atoms in total. The van der Waals surface area contributed by atoms with Crippen molar-refractivity contribution in [1.29, 1.82) is 0 Å². The highest BCUT2D eigenvalue weighted by Gasteiger charge is 2.35. The fraction of sp³-hybridized carbons (Fsp3) is 0.167. The number of carbonyl (C=O) groups is 2. The van der Waals surface area contributed by atoms with Gasteiger partial charge in [-0.2, -0.15) is 0 Å². The second-order valence-corrected chi connectivity index (χ2v) is 7.87. The fourth-order valence-corrected chi connectivity index (χ4v) is 4.12. The van der Waals surface area contributed by atoms with Gasteiger partial charge in [-0.15, -0.1) is 0 Å². The Labute approximate surface area is 183 Å². The molecule has 1 aliphatic heterocycles. The third-order valence-corrected chi connectivity index (χ3v) is 5.49. The van der Waals surface area contributed by atoms with Crippen LogP contribution >= 0.6 is 15.9 Å². The van der Waals surface area contributed by atoms with E-state index >= 15 is 0 Å². The number of ether oxygens (including phenoxy) is 1. The molecule has 0 fully saturated rings. The van der Waals surface area contributed by atoms with Crippen LogP contribution < -0.4 is 10.1 Å². The van der Waals surface area contributed by atoms with Gasteiger partial charge in [0, 0.05) is 15.7 Å². The standard InChI is InChI=1S/C24H21BrN2O3/c1-2-30-21-11-7-6-10-18(21)24(29)27-15-22(28)26-20-13-12-17(25)14-19(20)23(27)16-8-4-3-5-9-16/h3-14,23H,2,15H2,1H3,(H,26,28). The van der Waals surface area contributed by atoms with Crippen molar-refractivity contribution in [2.45, 2.75) is 13.0 Å². The van der Waals surface area contributed by atoms with Crippen LogP contribution in [0.5, 0.6) is 5.75 Å². The van der Waals surface area contributed by atoms with Crippen molar-refractivity contribution in [3.8, 4) is 5.75 Å². The number of hydrogen-bond donors (Lipinski definition) is 1. The van der Waals surface area contributed by atoms with E-state index in [4.69, 9.17) is 4.74 Å². The van der Waals surface area contributed by atoms with Gasteiger partial charge in [-0.05, 0) is 42.8 Å². The fourth-order valence-electron chi connectivity index (χ4n) is 3.74. The molecule has 30 heavy (non-hydrogen) atoms. The average molecular weight is 465 g/mol. The Hall–Kier alpha value is -3.12. The molecule has 1 atom stereocenters. The quantitative estimate of drug-likeness (QED) is 0.588. The van der Waals surface area contributed by atoms with Gasteiger partial charge >= 0.3 is 0 Å². The second kappa shape index (κ2) is 8.71. The molecule has 0 aromatic heterocycles. The van der Waals surface area contributed by atoms with E-state index < -0.39 is 6.04 Å². The first-order valence-electron chi connectivity index (χ1n) is 9.75. The number of nitrogens with zero attached hydrogens (tertiary/aromatic N) is 1. The summed E-state index contributed by atoms with van der Waals surface area (Å²) < 4.78 is 6.56. The lowest BCUT2D eigenvalue weighted by Crippen LogP contribution is -2.39. The molecule has 0 aliphatic carbocycles. The van der Waals surface area contributed by atoms with Crippen LogP contribution in [0.1, 0.15) is 34.5 Å². The Morgan fingerprint density at radius 2 is 1.83 bits per heavy atom. The van der Waals surface area contributed by atoms with E-state index in [1.807, 2.05) is 61.5 Å². The predicted octanol–water partition coefficient (Wildman–Crippen LogP) is 5.03. The Bertz CT molecular complexity index is 1080. The van der Waals surface area contributed by atoms with Gasteiger partial charge in [-0.3, -0.25) is 9.59 Å². The van der Waals surface area contributed by atoms with E-state index in [2.05, 4.69) is 21.2 Å². The molecular weight excluding hydrogens is 444 g/mol. The summed E-state index contributed by atoms with van der Waals surface area (Å²) in [7, 11) is 0. The van der Waals surface area contributed by atoms with Crippen molar-refractivity contribution in [2.24, 2.45) is 0 Å². The molecule has 0 radical (unpaired) electrons. The Balaban J connectivity index is 1.88. The normalized spacial score (nSPS) is 15.7. The molecule has 0 bridgehead atoms. The van der Waals surface area contributed by atoms with Gasteiger partial charge in [0.25, 0.3) is 5.91 Å². The van der Waals surface area contributed by atoms with E-state index in [0.29, 0.717) is 23.6 Å². The zero-order chi connectivity index (χ0) is 21.1. The Kier molecular flexibility index (Phi) is 5.86. The molecule has 0 saturated heterocycles. The van der Waals surface area contributed by atoms with Gasteiger partial charge < -0.3 is 15.0 Å². The number of fused-ring (bicyclic) bond motifs is 1. The minimum Gasteiger partial charge on any atom is -0.493 e. The van der Waals surface area contributed by atoms with Crippen LogP contribution in [0.4, 0.5) is 5.69 Å². The largest absolute Gasteiger partial charge is 0.493 e. The second-order valence-electron chi connectivity index (χ2n) is 6.96. The number of para-hydroxylation sites is 1. The highest BCUT2D eigenvalue weighted by molar-refractivity contribution is 9.10. The molecular formula is C24H21BrN2O3. The van der Waals surface area contributed by atoms with E-state index in [-0.39, 0.29) is 18.4 Å². The highest BCUT2D eigenvalue weighted by atomic mass is 79.9. The molecule has 1 heterocycles. The van der Waals surface area contributed by atoms with Crippen molar-refractivity contribution in [3.63, 3.8) is 0 Å². The van der Waals surface area contributed by atoms with Crippen molar-refractivity contribution >= 4 is 33.4 Å². The summed E-state index contributed by atoms with van der Waals surface area (Å²) in [5.41, 5.74) is 2.91. The van der Waals surface area contributed by atoms with Crippen molar-refractivity contribution in [2.75, 3.05) is 18.5 Å². The molecule has 1 unspecified atom stereocenters. The summed E-state index contributed by atoms with van der Waals surface area (Å²) in [5.74, 6) is 0.0195. The van der Waals surface area contributed by atoms with E-state index in [0.717, 1.165) is 15.6 Å². The van der Waals surface area contributed by atoms with E-state index in [1.165, 1.54) is 0 Å². The molecule has 0 saturated carbocycles. The zero-order valence-electron chi connectivity index (χ0n) is 16.5. The van der Waals surface area contributed by atoms with Crippen LogP contribution in [0.3, 0.4) is 0 Å². The Morgan fingerprint density at radius 1 is 1.10 bits per heavy atom. The van der Waals surface area contributed by atoms with E-state index in [9.17, 15) is 9.59 Å². The molecule has 0 spiro atoms. The lowest BCUT2D eigenvalue weighted by Gasteiger charge is -2.31. The van der Waals surface area contributed by atoms with Crippen molar-refractivity contribution in [3.05, 3.63) is 94.0 Å². The molecule has 1 N–H and O–H groups in total. The minimum absolute atomic E-state index is 0.0643. The molecule has 6 heteroatoms. The van der Waals surface area contributed by atoms with Gasteiger partial charge in [0.15, 0.2) is 0 Å². The molecule has 3 aromatic rings. The van der Waals surface area contributed by atoms with Crippen LogP contribution in [0, 0.1) is 0 Å². The first-order chi connectivity index (χ1) is 14.6. The molecule has 3 aromatic carbocycles. The van der Waals surface area contributed by atoms with Crippen molar-refractivity contribution in [1.82, 2.24) is 4.90 Å².